The molecule has 0 unspecified atom stereocenters. The lowest BCUT2D eigenvalue weighted by Gasteiger charge is -2.29. The Bertz CT molecular complexity index is 468. The Labute approximate surface area is 123 Å². The van der Waals surface area contributed by atoms with Gasteiger partial charge in [0.05, 0.1) is 30.0 Å². The van der Waals surface area contributed by atoms with Crippen LogP contribution in [0.1, 0.15) is 49.4 Å². The molecule has 0 aliphatic heterocycles. The third kappa shape index (κ3) is 3.65. The molecule has 112 valence electrons. The van der Waals surface area contributed by atoms with Gasteiger partial charge in [0.25, 0.3) is 5.91 Å². The van der Waals surface area contributed by atoms with Crippen LogP contribution in [-0.4, -0.2) is 44.8 Å². The maximum absolute atomic E-state index is 12.2. The Morgan fingerprint density at radius 1 is 1.45 bits per heavy atom. The van der Waals surface area contributed by atoms with Crippen LogP contribution in [0.15, 0.2) is 6.20 Å². The molecule has 0 spiro atoms. The molecular formula is C13H20ClN3O3. The van der Waals surface area contributed by atoms with E-state index in [2.05, 4.69) is 15.3 Å². The van der Waals surface area contributed by atoms with Crippen molar-refractivity contribution < 1.29 is 15.0 Å². The number of aliphatic hydroxyl groups excluding tert-OH is 2. The minimum Gasteiger partial charge on any atom is -0.394 e. The fourth-order valence-electron chi connectivity index (χ4n) is 1.56. The Morgan fingerprint density at radius 3 is 2.50 bits per heavy atom. The summed E-state index contributed by atoms with van der Waals surface area (Å²) in [7, 11) is 0. The van der Waals surface area contributed by atoms with Gasteiger partial charge in [0.2, 0.25) is 0 Å². The maximum Gasteiger partial charge on any atom is 0.272 e. The van der Waals surface area contributed by atoms with Crippen molar-refractivity contribution in [3.05, 3.63) is 22.7 Å². The van der Waals surface area contributed by atoms with Crippen LogP contribution in [-0.2, 0) is 0 Å². The van der Waals surface area contributed by atoms with Crippen LogP contribution >= 0.6 is 11.6 Å². The summed E-state index contributed by atoms with van der Waals surface area (Å²) in [5, 5.41) is 21.4. The third-order valence-corrected chi connectivity index (χ3v) is 3.43. The highest BCUT2D eigenvalue weighted by atomic mass is 35.5. The topological polar surface area (TPSA) is 95.3 Å². The second kappa shape index (κ2) is 6.97. The lowest BCUT2D eigenvalue weighted by molar-refractivity contribution is 0.0649. The highest BCUT2D eigenvalue weighted by molar-refractivity contribution is 6.33. The molecular weight excluding hydrogens is 282 g/mol. The quantitative estimate of drug-likeness (QED) is 0.732. The maximum atomic E-state index is 12.2. The van der Waals surface area contributed by atoms with Crippen LogP contribution in [0, 0.1) is 0 Å². The van der Waals surface area contributed by atoms with E-state index >= 15 is 0 Å². The van der Waals surface area contributed by atoms with Crippen LogP contribution in [0.2, 0.25) is 5.02 Å². The number of carbonyl (C=O) groups is 1. The summed E-state index contributed by atoms with van der Waals surface area (Å²) in [5.74, 6) is 0.0318. The van der Waals surface area contributed by atoms with Crippen LogP contribution < -0.4 is 5.32 Å². The van der Waals surface area contributed by atoms with Crippen LogP contribution in [0.5, 0.6) is 0 Å². The molecule has 0 saturated carbocycles. The smallest absolute Gasteiger partial charge is 0.272 e. The molecule has 0 bridgehead atoms. The summed E-state index contributed by atoms with van der Waals surface area (Å²) >= 11 is 5.94. The van der Waals surface area contributed by atoms with Crippen molar-refractivity contribution in [2.45, 2.75) is 38.6 Å². The number of nitrogens with one attached hydrogen (secondary N) is 1. The average molecular weight is 302 g/mol. The second-order valence-electron chi connectivity index (χ2n) is 4.98. The van der Waals surface area contributed by atoms with Crippen LogP contribution in [0.4, 0.5) is 0 Å². The van der Waals surface area contributed by atoms with Gasteiger partial charge < -0.3 is 15.5 Å². The molecule has 3 N–H and O–H groups in total. The molecule has 0 fully saturated rings. The molecule has 20 heavy (non-hydrogen) atoms. The van der Waals surface area contributed by atoms with Gasteiger partial charge in [0.1, 0.15) is 11.5 Å². The molecule has 6 nitrogen and oxygen atoms in total. The number of halogens is 1. The lowest BCUT2D eigenvalue weighted by Crippen LogP contribution is -2.54. The van der Waals surface area contributed by atoms with Gasteiger partial charge in [-0.2, -0.15) is 0 Å². The molecule has 0 radical (unpaired) electrons. The molecule has 0 aliphatic rings. The fourth-order valence-corrected chi connectivity index (χ4v) is 1.74. The van der Waals surface area contributed by atoms with Gasteiger partial charge in [-0.05, 0) is 6.42 Å². The molecule has 1 heterocycles. The van der Waals surface area contributed by atoms with Crippen molar-refractivity contribution in [1.82, 2.24) is 15.3 Å². The van der Waals surface area contributed by atoms with E-state index in [4.69, 9.17) is 11.6 Å². The SMILES string of the molecule is CCC(CO)(CO)NC(=O)c1nc(C(C)C)ncc1Cl. The first-order valence-electron chi connectivity index (χ1n) is 6.45. The Kier molecular flexibility index (Phi) is 5.86. The molecule has 7 heteroatoms. The minimum absolute atomic E-state index is 0.0464. The summed E-state index contributed by atoms with van der Waals surface area (Å²) in [4.78, 5) is 20.4. The van der Waals surface area contributed by atoms with Gasteiger partial charge >= 0.3 is 0 Å². The number of amides is 1. The third-order valence-electron chi connectivity index (χ3n) is 3.16. The standard InChI is InChI=1S/C13H20ClN3O3/c1-4-13(6-18,7-19)17-12(20)10-9(14)5-15-11(16-10)8(2)3/h5,8,18-19H,4,6-7H2,1-3H3,(H,17,20). The van der Waals surface area contributed by atoms with Gasteiger partial charge in [-0.25, -0.2) is 9.97 Å². The van der Waals surface area contributed by atoms with Crippen molar-refractivity contribution >= 4 is 17.5 Å². The number of nitrogens with zero attached hydrogens (tertiary/aromatic N) is 2. The number of hydrogen-bond donors (Lipinski definition) is 3. The van der Waals surface area contributed by atoms with Gasteiger partial charge in [-0.3, -0.25) is 4.79 Å². The molecule has 0 saturated heterocycles. The summed E-state index contributed by atoms with van der Waals surface area (Å²) in [6.45, 7) is 4.83. The highest BCUT2D eigenvalue weighted by Crippen LogP contribution is 2.18. The molecule has 0 aliphatic carbocycles. The first kappa shape index (κ1) is 16.8. The molecule has 1 aromatic heterocycles. The Morgan fingerprint density at radius 2 is 2.05 bits per heavy atom. The number of aromatic nitrogens is 2. The predicted molar refractivity (Wildman–Crippen MR) is 75.8 cm³/mol. The number of aliphatic hydroxyl groups is 2. The van der Waals surface area contributed by atoms with E-state index in [0.29, 0.717) is 12.2 Å². The largest absolute Gasteiger partial charge is 0.394 e. The number of hydrogen-bond acceptors (Lipinski definition) is 5. The zero-order valence-electron chi connectivity index (χ0n) is 11.9. The monoisotopic (exact) mass is 301 g/mol. The summed E-state index contributed by atoms with van der Waals surface area (Å²) in [5.41, 5.74) is -1.03. The zero-order chi connectivity index (χ0) is 15.3. The van der Waals surface area contributed by atoms with E-state index in [1.54, 1.807) is 6.92 Å². The first-order chi connectivity index (χ1) is 9.39. The van der Waals surface area contributed by atoms with E-state index in [1.807, 2.05) is 13.8 Å². The molecule has 0 aromatic carbocycles. The van der Waals surface area contributed by atoms with Crippen molar-refractivity contribution in [1.29, 1.82) is 0 Å². The summed E-state index contributed by atoms with van der Waals surface area (Å²) in [6.07, 6.45) is 1.76. The Balaban J connectivity index is 3.05. The van der Waals surface area contributed by atoms with Gasteiger partial charge in [-0.1, -0.05) is 32.4 Å². The zero-order valence-corrected chi connectivity index (χ0v) is 12.6. The predicted octanol–water partition coefficient (Wildman–Crippen LogP) is 1.12. The minimum atomic E-state index is -1.08. The average Bonchev–Trinajstić information content (AvgIpc) is 2.45. The van der Waals surface area contributed by atoms with Crippen LogP contribution in [0.3, 0.4) is 0 Å². The molecule has 0 atom stereocenters. The second-order valence-corrected chi connectivity index (χ2v) is 5.39. The normalized spacial score (nSPS) is 11.8. The van der Waals surface area contributed by atoms with Gasteiger partial charge in [0.15, 0.2) is 0 Å². The lowest BCUT2D eigenvalue weighted by atomic mass is 9.98. The fraction of sp³-hybridized carbons (Fsp3) is 0.615. The Hall–Kier alpha value is -1.24. The van der Waals surface area contributed by atoms with Gasteiger partial charge in [-0.15, -0.1) is 0 Å². The van der Waals surface area contributed by atoms with Crippen molar-refractivity contribution in [2.75, 3.05) is 13.2 Å². The van der Waals surface area contributed by atoms with E-state index in [9.17, 15) is 15.0 Å². The number of rotatable bonds is 6. The van der Waals surface area contributed by atoms with E-state index in [0.717, 1.165) is 0 Å². The van der Waals surface area contributed by atoms with Crippen molar-refractivity contribution in [3.63, 3.8) is 0 Å². The molecule has 1 rings (SSSR count). The van der Waals surface area contributed by atoms with E-state index < -0.39 is 11.4 Å². The van der Waals surface area contributed by atoms with E-state index in [-0.39, 0.29) is 29.8 Å². The molecule has 1 amide bonds. The van der Waals surface area contributed by atoms with E-state index in [1.165, 1.54) is 6.20 Å². The van der Waals surface area contributed by atoms with Gasteiger partial charge in [0, 0.05) is 5.92 Å². The van der Waals surface area contributed by atoms with Crippen LogP contribution in [0.25, 0.3) is 0 Å². The van der Waals surface area contributed by atoms with Crippen molar-refractivity contribution in [2.24, 2.45) is 0 Å². The summed E-state index contributed by atoms with van der Waals surface area (Å²) in [6, 6.07) is 0. The first-order valence-corrected chi connectivity index (χ1v) is 6.83. The number of carbonyl (C=O) groups excluding carboxylic acids is 1. The molecule has 1 aromatic rings. The highest BCUT2D eigenvalue weighted by Gasteiger charge is 2.30. The van der Waals surface area contributed by atoms with Crippen molar-refractivity contribution in [3.8, 4) is 0 Å². The summed E-state index contributed by atoms with van der Waals surface area (Å²) < 4.78 is 0.